The van der Waals surface area contributed by atoms with Crippen LogP contribution in [-0.4, -0.2) is 58.6 Å². The third-order valence-corrected chi connectivity index (χ3v) is 6.58. The Balaban J connectivity index is 1.36. The van der Waals surface area contributed by atoms with Crippen LogP contribution in [0.3, 0.4) is 0 Å². The Labute approximate surface area is 175 Å². The van der Waals surface area contributed by atoms with Gasteiger partial charge in [-0.1, -0.05) is 6.07 Å². The molecule has 0 aliphatic carbocycles. The van der Waals surface area contributed by atoms with Crippen LogP contribution in [0.15, 0.2) is 24.5 Å². The molecule has 2 aromatic rings. The first-order chi connectivity index (χ1) is 14.4. The molecule has 2 fully saturated rings. The lowest BCUT2D eigenvalue weighted by Gasteiger charge is -2.36. The van der Waals surface area contributed by atoms with Gasteiger partial charge >= 0.3 is 0 Å². The molecule has 3 aliphatic heterocycles. The van der Waals surface area contributed by atoms with E-state index >= 15 is 0 Å². The van der Waals surface area contributed by atoms with Gasteiger partial charge in [0.15, 0.2) is 0 Å². The summed E-state index contributed by atoms with van der Waals surface area (Å²) in [6.45, 7) is 6.40. The molecule has 0 unspecified atom stereocenters. The highest BCUT2D eigenvalue weighted by molar-refractivity contribution is 5.39. The lowest BCUT2D eigenvalue weighted by atomic mass is 9.80. The standard InChI is InChI=1S/C22H27F2N5O/c1-16-2-3-17(10-25-16)12-28-7-4-21(14-28)15-30-13-18-11-26-20(27-19(18)21)29-8-5-22(23,24)6-9-29/h2-3,10-11H,4-9,12-15H2,1H3/t21-/m1/s1. The van der Waals surface area contributed by atoms with Crippen molar-refractivity contribution >= 4 is 5.95 Å². The van der Waals surface area contributed by atoms with Crippen LogP contribution in [0, 0.1) is 6.92 Å². The van der Waals surface area contributed by atoms with Crippen molar-refractivity contribution < 1.29 is 13.5 Å². The molecule has 160 valence electrons. The van der Waals surface area contributed by atoms with E-state index in [1.54, 1.807) is 0 Å². The Kier molecular flexibility index (Phi) is 4.94. The first-order valence-corrected chi connectivity index (χ1v) is 10.6. The molecule has 0 amide bonds. The lowest BCUT2D eigenvalue weighted by Crippen LogP contribution is -2.43. The molecule has 30 heavy (non-hydrogen) atoms. The summed E-state index contributed by atoms with van der Waals surface area (Å²) in [7, 11) is 0. The van der Waals surface area contributed by atoms with E-state index in [0.717, 1.165) is 43.0 Å². The molecule has 0 saturated carbocycles. The number of nitrogens with zero attached hydrogens (tertiary/aromatic N) is 5. The zero-order chi connectivity index (χ0) is 20.8. The number of aromatic nitrogens is 3. The quantitative estimate of drug-likeness (QED) is 0.768. The van der Waals surface area contributed by atoms with Gasteiger partial charge < -0.3 is 9.64 Å². The molecule has 3 aliphatic rings. The van der Waals surface area contributed by atoms with Crippen molar-refractivity contribution in [2.75, 3.05) is 37.7 Å². The number of aryl methyl sites for hydroxylation is 1. The first-order valence-electron chi connectivity index (χ1n) is 10.6. The normalized spacial score (nSPS) is 26.2. The van der Waals surface area contributed by atoms with E-state index in [2.05, 4.69) is 20.9 Å². The third-order valence-electron chi connectivity index (χ3n) is 6.58. The Morgan fingerprint density at radius 1 is 1.07 bits per heavy atom. The third kappa shape index (κ3) is 3.78. The van der Waals surface area contributed by atoms with Gasteiger partial charge in [-0.05, 0) is 31.5 Å². The second-order valence-corrected chi connectivity index (χ2v) is 8.93. The SMILES string of the molecule is Cc1ccc(CN2CC[C@]3(COCc4cnc(N5CCC(F)(F)CC5)nc43)C2)cn1. The van der Waals surface area contributed by atoms with E-state index in [4.69, 9.17) is 9.72 Å². The van der Waals surface area contributed by atoms with Crippen LogP contribution in [0.1, 0.15) is 41.8 Å². The van der Waals surface area contributed by atoms with E-state index in [-0.39, 0.29) is 18.3 Å². The smallest absolute Gasteiger partial charge is 0.251 e. The topological polar surface area (TPSA) is 54.4 Å². The number of ether oxygens (including phenoxy) is 1. The fourth-order valence-corrected chi connectivity index (χ4v) is 4.83. The summed E-state index contributed by atoms with van der Waals surface area (Å²) in [4.78, 5) is 18.1. The molecule has 6 nitrogen and oxygen atoms in total. The van der Waals surface area contributed by atoms with Crippen LogP contribution < -0.4 is 4.90 Å². The van der Waals surface area contributed by atoms with Crippen molar-refractivity contribution in [2.45, 2.75) is 50.7 Å². The molecule has 2 saturated heterocycles. The van der Waals surface area contributed by atoms with Crippen LogP contribution in [-0.2, 0) is 23.3 Å². The maximum Gasteiger partial charge on any atom is 0.251 e. The minimum Gasteiger partial charge on any atom is -0.376 e. The van der Waals surface area contributed by atoms with Crippen LogP contribution in [0.5, 0.6) is 0 Å². The Morgan fingerprint density at radius 2 is 1.90 bits per heavy atom. The van der Waals surface area contributed by atoms with E-state index in [9.17, 15) is 8.78 Å². The summed E-state index contributed by atoms with van der Waals surface area (Å²) in [5.41, 5.74) is 4.12. The maximum atomic E-state index is 13.6. The number of piperidine rings is 1. The van der Waals surface area contributed by atoms with Crippen LogP contribution in [0.25, 0.3) is 0 Å². The van der Waals surface area contributed by atoms with Crippen LogP contribution in [0.4, 0.5) is 14.7 Å². The molecule has 0 aromatic carbocycles. The first kappa shape index (κ1) is 19.8. The summed E-state index contributed by atoms with van der Waals surface area (Å²) in [5.74, 6) is -2.00. The van der Waals surface area contributed by atoms with Gasteiger partial charge in [-0.25, -0.2) is 18.7 Å². The van der Waals surface area contributed by atoms with Gasteiger partial charge in [-0.15, -0.1) is 0 Å². The summed E-state index contributed by atoms with van der Waals surface area (Å²) in [6.07, 6.45) is 4.46. The molecule has 2 aromatic heterocycles. The maximum absolute atomic E-state index is 13.6. The molecule has 8 heteroatoms. The fourth-order valence-electron chi connectivity index (χ4n) is 4.83. The average molecular weight is 415 g/mol. The molecule has 1 atom stereocenters. The number of pyridine rings is 1. The minimum atomic E-state index is -2.57. The monoisotopic (exact) mass is 415 g/mol. The number of halogens is 2. The number of alkyl halides is 2. The lowest BCUT2D eigenvalue weighted by molar-refractivity contribution is -0.0223. The number of hydrogen-bond acceptors (Lipinski definition) is 6. The highest BCUT2D eigenvalue weighted by atomic mass is 19.3. The molecule has 5 heterocycles. The number of likely N-dealkylation sites (tertiary alicyclic amines) is 1. The van der Waals surface area contributed by atoms with Gasteiger partial charge in [-0.2, -0.15) is 0 Å². The number of rotatable bonds is 3. The highest BCUT2D eigenvalue weighted by Crippen LogP contribution is 2.40. The van der Waals surface area contributed by atoms with Crippen molar-refractivity contribution in [3.63, 3.8) is 0 Å². The van der Waals surface area contributed by atoms with Gasteiger partial charge in [0.25, 0.3) is 5.92 Å². The van der Waals surface area contributed by atoms with Gasteiger partial charge in [0.1, 0.15) is 0 Å². The molecule has 0 bridgehead atoms. The zero-order valence-corrected chi connectivity index (χ0v) is 17.3. The van der Waals surface area contributed by atoms with Crippen molar-refractivity contribution in [1.29, 1.82) is 0 Å². The fraction of sp³-hybridized carbons (Fsp3) is 0.591. The molecule has 1 spiro atoms. The summed E-state index contributed by atoms with van der Waals surface area (Å²) in [5, 5.41) is 0. The molecular formula is C22H27F2N5O. The predicted molar refractivity (Wildman–Crippen MR) is 109 cm³/mol. The number of hydrogen-bond donors (Lipinski definition) is 0. The van der Waals surface area contributed by atoms with Gasteiger partial charge in [0, 0.05) is 62.7 Å². The van der Waals surface area contributed by atoms with Crippen LogP contribution in [0.2, 0.25) is 0 Å². The van der Waals surface area contributed by atoms with Gasteiger partial charge in [0.2, 0.25) is 5.95 Å². The number of fused-ring (bicyclic) bond motifs is 2. The molecule has 0 radical (unpaired) electrons. The second kappa shape index (κ2) is 7.50. The van der Waals surface area contributed by atoms with Crippen molar-refractivity contribution in [3.8, 4) is 0 Å². The van der Waals surface area contributed by atoms with Crippen molar-refractivity contribution in [1.82, 2.24) is 19.9 Å². The van der Waals surface area contributed by atoms with E-state index in [1.165, 1.54) is 5.56 Å². The zero-order valence-electron chi connectivity index (χ0n) is 17.3. The predicted octanol–water partition coefficient (Wildman–Crippen LogP) is 3.09. The molecule has 5 rings (SSSR count). The summed E-state index contributed by atoms with van der Waals surface area (Å²) in [6, 6.07) is 4.17. The molecule has 0 N–H and O–H groups in total. The highest BCUT2D eigenvalue weighted by Gasteiger charge is 2.45. The summed E-state index contributed by atoms with van der Waals surface area (Å²) < 4.78 is 33.0. The van der Waals surface area contributed by atoms with Crippen LogP contribution >= 0.6 is 0 Å². The van der Waals surface area contributed by atoms with Crippen molar-refractivity contribution in [2.24, 2.45) is 0 Å². The van der Waals surface area contributed by atoms with E-state index in [0.29, 0.717) is 32.3 Å². The average Bonchev–Trinajstić information content (AvgIpc) is 3.13. The Hall–Kier alpha value is -2.19. The molecular weight excluding hydrogens is 388 g/mol. The largest absolute Gasteiger partial charge is 0.376 e. The van der Waals surface area contributed by atoms with E-state index in [1.807, 2.05) is 30.3 Å². The second-order valence-electron chi connectivity index (χ2n) is 8.93. The summed E-state index contributed by atoms with van der Waals surface area (Å²) >= 11 is 0. The van der Waals surface area contributed by atoms with Gasteiger partial charge in [-0.3, -0.25) is 9.88 Å². The van der Waals surface area contributed by atoms with Crippen molar-refractivity contribution in [3.05, 3.63) is 47.0 Å². The Morgan fingerprint density at radius 3 is 2.67 bits per heavy atom. The Bertz CT molecular complexity index is 912. The number of anilines is 1. The van der Waals surface area contributed by atoms with E-state index < -0.39 is 5.92 Å². The van der Waals surface area contributed by atoms with Gasteiger partial charge in [0.05, 0.1) is 24.3 Å². The minimum absolute atomic E-state index is 0.139.